The molecule has 0 aliphatic carbocycles. The minimum Gasteiger partial charge on any atom is -0.508 e. The number of alkyl halides is 6. The van der Waals surface area contributed by atoms with Gasteiger partial charge in [0.15, 0.2) is 5.41 Å². The maximum absolute atomic E-state index is 11.6. The van der Waals surface area contributed by atoms with Crippen molar-refractivity contribution in [2.45, 2.75) is 26.2 Å². The van der Waals surface area contributed by atoms with Gasteiger partial charge in [-0.2, -0.15) is 26.3 Å². The van der Waals surface area contributed by atoms with Gasteiger partial charge in [-0.05, 0) is 38.1 Å². The number of benzene rings is 2. The van der Waals surface area contributed by atoms with Crippen LogP contribution < -0.4 is 0 Å². The summed E-state index contributed by atoms with van der Waals surface area (Å²) in [6.07, 6.45) is -10.5. The lowest BCUT2D eigenvalue weighted by molar-refractivity contribution is -0.327. The molecule has 25 heavy (non-hydrogen) atoms. The van der Waals surface area contributed by atoms with E-state index in [2.05, 4.69) is 0 Å². The summed E-state index contributed by atoms with van der Waals surface area (Å²) in [5.41, 5.74) is -3.62. The van der Waals surface area contributed by atoms with E-state index in [1.165, 1.54) is 0 Å². The van der Waals surface area contributed by atoms with E-state index >= 15 is 0 Å². The van der Waals surface area contributed by atoms with E-state index in [1.54, 1.807) is 48.5 Å². The van der Waals surface area contributed by atoms with E-state index in [-0.39, 0.29) is 13.8 Å². The monoisotopic (exact) mass is 368 g/mol. The summed E-state index contributed by atoms with van der Waals surface area (Å²) in [6, 6.07) is 17.4. The highest BCUT2D eigenvalue weighted by atomic mass is 19.4. The molecule has 0 heterocycles. The maximum Gasteiger partial charge on any atom is 0.402 e. The Morgan fingerprint density at radius 3 is 0.880 bits per heavy atom. The molecule has 0 amide bonds. The van der Waals surface area contributed by atoms with Crippen molar-refractivity contribution in [2.75, 3.05) is 0 Å². The van der Waals surface area contributed by atoms with Crippen molar-refractivity contribution in [3.8, 4) is 11.5 Å². The number of hydrogen-bond acceptors (Lipinski definition) is 2. The average Bonchev–Trinajstić information content (AvgIpc) is 2.48. The number of hydrogen-bond donors (Lipinski definition) is 2. The highest BCUT2D eigenvalue weighted by molar-refractivity contribution is 5.19. The highest BCUT2D eigenvalue weighted by Crippen LogP contribution is 2.49. The summed E-state index contributed by atoms with van der Waals surface area (Å²) in [5, 5.41) is 17.3. The minimum absolute atomic E-state index is 0.104. The van der Waals surface area contributed by atoms with Crippen LogP contribution in [0.25, 0.3) is 0 Å². The molecule has 2 aromatic rings. The highest BCUT2D eigenvalue weighted by Gasteiger charge is 2.64. The largest absolute Gasteiger partial charge is 0.508 e. The number of para-hydroxylation sites is 2. The fraction of sp³-hybridized carbons (Fsp3) is 0.294. The Morgan fingerprint density at radius 1 is 0.560 bits per heavy atom. The Hall–Kier alpha value is -2.38. The first kappa shape index (κ1) is 22.6. The second kappa shape index (κ2) is 9.19. The van der Waals surface area contributed by atoms with Gasteiger partial charge in [0.05, 0.1) is 0 Å². The second-order valence-electron chi connectivity index (χ2n) is 5.29. The quantitative estimate of drug-likeness (QED) is 0.567. The summed E-state index contributed by atoms with van der Waals surface area (Å²) in [4.78, 5) is 0. The first-order valence-corrected chi connectivity index (χ1v) is 6.90. The third kappa shape index (κ3) is 8.32. The van der Waals surface area contributed by atoms with E-state index in [0.717, 1.165) is 0 Å². The average molecular weight is 368 g/mol. The Morgan fingerprint density at radius 2 is 0.800 bits per heavy atom. The number of phenolic OH excluding ortho intramolecular Hbond substituents is 2. The van der Waals surface area contributed by atoms with Crippen molar-refractivity contribution < 1.29 is 36.6 Å². The summed E-state index contributed by atoms with van der Waals surface area (Å²) in [7, 11) is 0. The molecule has 8 heteroatoms. The molecule has 0 aromatic heterocycles. The molecule has 2 aromatic carbocycles. The second-order valence-corrected chi connectivity index (χ2v) is 5.29. The van der Waals surface area contributed by atoms with Gasteiger partial charge in [0.25, 0.3) is 0 Å². The smallest absolute Gasteiger partial charge is 0.402 e. The van der Waals surface area contributed by atoms with E-state index in [0.29, 0.717) is 11.5 Å². The lowest BCUT2D eigenvalue weighted by Crippen LogP contribution is -2.44. The van der Waals surface area contributed by atoms with Crippen LogP contribution in [-0.4, -0.2) is 22.6 Å². The van der Waals surface area contributed by atoms with Crippen LogP contribution >= 0.6 is 0 Å². The molecular formula is C17H18F6O2. The van der Waals surface area contributed by atoms with Crippen LogP contribution in [0.1, 0.15) is 13.8 Å². The third-order valence-corrected chi connectivity index (χ3v) is 2.93. The van der Waals surface area contributed by atoms with Gasteiger partial charge in [-0.15, -0.1) is 0 Å². The summed E-state index contributed by atoms with van der Waals surface area (Å²) in [5.74, 6) is 0.644. The van der Waals surface area contributed by atoms with Crippen LogP contribution in [0.5, 0.6) is 11.5 Å². The fourth-order valence-corrected chi connectivity index (χ4v) is 1.02. The number of rotatable bonds is 0. The van der Waals surface area contributed by atoms with Gasteiger partial charge in [-0.3, -0.25) is 0 Å². The van der Waals surface area contributed by atoms with Gasteiger partial charge in [-0.25, -0.2) is 0 Å². The van der Waals surface area contributed by atoms with Gasteiger partial charge in [0.1, 0.15) is 11.5 Å². The molecule has 0 saturated heterocycles. The molecule has 0 saturated carbocycles. The van der Waals surface area contributed by atoms with Gasteiger partial charge in [-0.1, -0.05) is 36.4 Å². The molecule has 0 spiro atoms. The normalized spacial score (nSPS) is 11.5. The maximum atomic E-state index is 11.6. The van der Waals surface area contributed by atoms with E-state index in [1.807, 2.05) is 12.1 Å². The van der Waals surface area contributed by atoms with E-state index in [4.69, 9.17) is 10.2 Å². The molecule has 0 atom stereocenters. The van der Waals surface area contributed by atoms with Gasteiger partial charge in [0, 0.05) is 0 Å². The Labute approximate surface area is 141 Å². The predicted octanol–water partition coefficient (Wildman–Crippen LogP) is 5.92. The molecule has 140 valence electrons. The van der Waals surface area contributed by atoms with E-state index < -0.39 is 17.8 Å². The van der Waals surface area contributed by atoms with Crippen LogP contribution in [0.2, 0.25) is 0 Å². The molecule has 0 fully saturated rings. The molecule has 0 aliphatic rings. The number of aromatic hydroxyl groups is 2. The summed E-state index contributed by atoms with van der Waals surface area (Å²) < 4.78 is 69.7. The van der Waals surface area contributed by atoms with Crippen molar-refractivity contribution in [3.63, 3.8) is 0 Å². The Bertz CT molecular complexity index is 539. The molecular weight excluding hydrogens is 350 g/mol. The molecule has 0 radical (unpaired) electrons. The predicted molar refractivity (Wildman–Crippen MR) is 82.1 cm³/mol. The minimum atomic E-state index is -5.24. The first-order chi connectivity index (χ1) is 11.3. The van der Waals surface area contributed by atoms with Crippen molar-refractivity contribution in [2.24, 2.45) is 5.41 Å². The molecule has 2 rings (SSSR count). The Kier molecular flexibility index (Phi) is 8.32. The zero-order valence-corrected chi connectivity index (χ0v) is 13.4. The molecule has 0 aliphatic heterocycles. The topological polar surface area (TPSA) is 40.5 Å². The van der Waals surface area contributed by atoms with Crippen molar-refractivity contribution in [1.82, 2.24) is 0 Å². The van der Waals surface area contributed by atoms with E-state index in [9.17, 15) is 26.3 Å². The molecule has 0 unspecified atom stereocenters. The van der Waals surface area contributed by atoms with Crippen molar-refractivity contribution in [3.05, 3.63) is 60.7 Å². The number of halogens is 6. The van der Waals surface area contributed by atoms with Crippen LogP contribution in [-0.2, 0) is 0 Å². The SMILES string of the molecule is CC(C)(C(F)(F)F)C(F)(F)F.Oc1ccccc1.Oc1ccccc1. The summed E-state index contributed by atoms with van der Waals surface area (Å²) in [6.45, 7) is 0.208. The molecule has 0 bridgehead atoms. The van der Waals surface area contributed by atoms with Crippen LogP contribution in [0.3, 0.4) is 0 Å². The third-order valence-electron chi connectivity index (χ3n) is 2.93. The van der Waals surface area contributed by atoms with Crippen molar-refractivity contribution >= 4 is 0 Å². The zero-order chi connectivity index (χ0) is 19.7. The lowest BCUT2D eigenvalue weighted by atomic mass is 9.92. The first-order valence-electron chi connectivity index (χ1n) is 6.90. The van der Waals surface area contributed by atoms with Gasteiger partial charge >= 0.3 is 12.4 Å². The zero-order valence-electron chi connectivity index (χ0n) is 13.4. The number of phenols is 2. The molecule has 2 nitrogen and oxygen atoms in total. The summed E-state index contributed by atoms with van der Waals surface area (Å²) >= 11 is 0. The van der Waals surface area contributed by atoms with Crippen molar-refractivity contribution in [1.29, 1.82) is 0 Å². The standard InChI is InChI=1S/2C6H6O.C5H6F6/c2*7-6-4-2-1-3-5-6;1-3(2,4(6,7)8)5(9,10)11/h2*1-5,7H;1-2H3. The van der Waals surface area contributed by atoms with Crippen LogP contribution in [0.4, 0.5) is 26.3 Å². The van der Waals surface area contributed by atoms with Crippen LogP contribution in [0, 0.1) is 5.41 Å². The van der Waals surface area contributed by atoms with Gasteiger partial charge < -0.3 is 10.2 Å². The Balaban J connectivity index is 0.000000358. The lowest BCUT2D eigenvalue weighted by Gasteiger charge is -2.29. The molecule has 2 N–H and O–H groups in total. The fourth-order valence-electron chi connectivity index (χ4n) is 1.02. The van der Waals surface area contributed by atoms with Gasteiger partial charge in [0.2, 0.25) is 0 Å². The van der Waals surface area contributed by atoms with Crippen LogP contribution in [0.15, 0.2) is 60.7 Å².